The molecule has 2 aromatic heterocycles. The predicted octanol–water partition coefficient (Wildman–Crippen LogP) is 4.59. The van der Waals surface area contributed by atoms with Crippen molar-refractivity contribution in [3.63, 3.8) is 0 Å². The molecule has 8 nitrogen and oxygen atoms in total. The zero-order chi connectivity index (χ0) is 22.9. The van der Waals surface area contributed by atoms with E-state index in [9.17, 15) is 4.79 Å². The van der Waals surface area contributed by atoms with Crippen molar-refractivity contribution in [2.24, 2.45) is 0 Å². The number of imidazole rings is 1. The van der Waals surface area contributed by atoms with Crippen LogP contribution in [0.2, 0.25) is 0 Å². The number of hydrogen-bond acceptors (Lipinski definition) is 4. The van der Waals surface area contributed by atoms with Crippen molar-refractivity contribution in [2.45, 2.75) is 26.4 Å². The standard InChI is InChI=1S/C25H28N6O2/c1-2-33-24-12-6-3-9-21(24)19-30(16-8-15-29-18-14-26-20-29)25(32)28-22-10-4-5-11-23(22)31-17-7-13-27-31/h3-7,9-14,17-18,20H,2,8,15-16,19H2,1H3,(H,28,32). The quantitative estimate of drug-likeness (QED) is 0.388. The van der Waals surface area contributed by atoms with Gasteiger partial charge in [-0.25, -0.2) is 14.5 Å². The second kappa shape index (κ2) is 11.0. The number of para-hydroxylation sites is 3. The normalized spacial score (nSPS) is 10.7. The number of benzene rings is 2. The van der Waals surface area contributed by atoms with Crippen molar-refractivity contribution in [1.82, 2.24) is 24.2 Å². The molecule has 0 saturated heterocycles. The number of anilines is 1. The maximum absolute atomic E-state index is 13.4. The van der Waals surface area contributed by atoms with Gasteiger partial charge in [-0.05, 0) is 37.6 Å². The van der Waals surface area contributed by atoms with Crippen molar-refractivity contribution >= 4 is 11.7 Å². The Morgan fingerprint density at radius 1 is 1.06 bits per heavy atom. The van der Waals surface area contributed by atoms with E-state index in [1.807, 2.05) is 83.4 Å². The zero-order valence-electron chi connectivity index (χ0n) is 18.7. The van der Waals surface area contributed by atoms with Crippen LogP contribution >= 0.6 is 0 Å². The molecule has 33 heavy (non-hydrogen) atoms. The second-order valence-corrected chi connectivity index (χ2v) is 7.51. The van der Waals surface area contributed by atoms with Gasteiger partial charge in [-0.3, -0.25) is 0 Å². The van der Waals surface area contributed by atoms with Crippen LogP contribution in [0.25, 0.3) is 5.69 Å². The predicted molar refractivity (Wildman–Crippen MR) is 127 cm³/mol. The van der Waals surface area contributed by atoms with Gasteiger partial charge in [0.1, 0.15) is 5.75 Å². The summed E-state index contributed by atoms with van der Waals surface area (Å²) < 4.78 is 9.54. The van der Waals surface area contributed by atoms with Gasteiger partial charge >= 0.3 is 6.03 Å². The van der Waals surface area contributed by atoms with E-state index in [0.29, 0.717) is 25.4 Å². The highest BCUT2D eigenvalue weighted by atomic mass is 16.5. The van der Waals surface area contributed by atoms with Gasteiger partial charge in [-0.15, -0.1) is 0 Å². The topological polar surface area (TPSA) is 77.2 Å². The monoisotopic (exact) mass is 444 g/mol. The number of ether oxygens (including phenoxy) is 1. The first kappa shape index (κ1) is 22.1. The molecule has 170 valence electrons. The molecule has 1 N–H and O–H groups in total. The third kappa shape index (κ3) is 5.79. The third-order valence-electron chi connectivity index (χ3n) is 5.22. The molecule has 0 bridgehead atoms. The highest BCUT2D eigenvalue weighted by Gasteiger charge is 2.18. The largest absolute Gasteiger partial charge is 0.494 e. The molecule has 4 aromatic rings. The Morgan fingerprint density at radius 2 is 1.91 bits per heavy atom. The molecule has 4 rings (SSSR count). The number of amides is 2. The van der Waals surface area contributed by atoms with E-state index in [0.717, 1.165) is 30.0 Å². The van der Waals surface area contributed by atoms with Gasteiger partial charge in [0.2, 0.25) is 0 Å². The molecule has 8 heteroatoms. The van der Waals surface area contributed by atoms with E-state index >= 15 is 0 Å². The fraction of sp³-hybridized carbons (Fsp3) is 0.240. The Morgan fingerprint density at radius 3 is 2.70 bits per heavy atom. The first-order chi connectivity index (χ1) is 16.2. The molecule has 2 amide bonds. The SMILES string of the molecule is CCOc1ccccc1CN(CCCn1ccnc1)C(=O)Nc1ccccc1-n1cccn1. The average molecular weight is 445 g/mol. The summed E-state index contributed by atoms with van der Waals surface area (Å²) in [6.45, 7) is 4.32. The molecule has 0 spiro atoms. The maximum atomic E-state index is 13.4. The summed E-state index contributed by atoms with van der Waals surface area (Å²) in [6, 6.07) is 17.2. The third-order valence-corrected chi connectivity index (χ3v) is 5.22. The Bertz CT molecular complexity index is 1140. The van der Waals surface area contributed by atoms with E-state index < -0.39 is 0 Å². The summed E-state index contributed by atoms with van der Waals surface area (Å²) in [6.07, 6.45) is 9.83. The number of rotatable bonds is 10. The number of nitrogens with zero attached hydrogens (tertiary/aromatic N) is 5. The maximum Gasteiger partial charge on any atom is 0.322 e. The molecule has 0 radical (unpaired) electrons. The fourth-order valence-corrected chi connectivity index (χ4v) is 3.64. The van der Waals surface area contributed by atoms with Gasteiger partial charge in [0, 0.05) is 43.4 Å². The fourth-order valence-electron chi connectivity index (χ4n) is 3.64. The molecule has 0 atom stereocenters. The van der Waals surface area contributed by atoms with E-state index in [4.69, 9.17) is 4.74 Å². The first-order valence-corrected chi connectivity index (χ1v) is 11.1. The van der Waals surface area contributed by atoms with Gasteiger partial charge in [0.05, 0.1) is 30.9 Å². The van der Waals surface area contributed by atoms with Crippen LogP contribution in [0.1, 0.15) is 18.9 Å². The van der Waals surface area contributed by atoms with Crippen LogP contribution in [0.5, 0.6) is 5.75 Å². The van der Waals surface area contributed by atoms with Crippen molar-refractivity contribution < 1.29 is 9.53 Å². The van der Waals surface area contributed by atoms with E-state index in [1.165, 1.54) is 0 Å². The summed E-state index contributed by atoms with van der Waals surface area (Å²) in [5.41, 5.74) is 2.48. The van der Waals surface area contributed by atoms with E-state index in [-0.39, 0.29) is 6.03 Å². The highest BCUT2D eigenvalue weighted by molar-refractivity contribution is 5.91. The molecule has 0 aliphatic heterocycles. The molecule has 0 aliphatic rings. The summed E-state index contributed by atoms with van der Waals surface area (Å²) in [5, 5.41) is 7.38. The van der Waals surface area contributed by atoms with Crippen LogP contribution in [0.15, 0.2) is 85.7 Å². The Balaban J connectivity index is 1.53. The van der Waals surface area contributed by atoms with Crippen molar-refractivity contribution in [3.8, 4) is 11.4 Å². The molecular weight excluding hydrogens is 416 g/mol. The Kier molecular flexibility index (Phi) is 7.37. The lowest BCUT2D eigenvalue weighted by atomic mass is 10.2. The van der Waals surface area contributed by atoms with Crippen LogP contribution in [-0.2, 0) is 13.1 Å². The number of urea groups is 1. The number of aromatic nitrogens is 4. The molecule has 2 heterocycles. The lowest BCUT2D eigenvalue weighted by Crippen LogP contribution is -2.36. The van der Waals surface area contributed by atoms with E-state index in [2.05, 4.69) is 15.4 Å². The minimum absolute atomic E-state index is 0.175. The lowest BCUT2D eigenvalue weighted by Gasteiger charge is -2.25. The number of nitrogens with one attached hydrogen (secondary N) is 1. The van der Waals surface area contributed by atoms with E-state index in [1.54, 1.807) is 23.4 Å². The number of aryl methyl sites for hydroxylation is 1. The Labute approximate surface area is 193 Å². The smallest absolute Gasteiger partial charge is 0.322 e. The minimum atomic E-state index is -0.175. The summed E-state index contributed by atoms with van der Waals surface area (Å²) in [4.78, 5) is 19.3. The molecule has 0 saturated carbocycles. The van der Waals surface area contributed by atoms with Crippen LogP contribution in [-0.4, -0.2) is 43.4 Å². The number of carbonyl (C=O) groups is 1. The van der Waals surface area contributed by atoms with Crippen molar-refractivity contribution in [1.29, 1.82) is 0 Å². The highest BCUT2D eigenvalue weighted by Crippen LogP contribution is 2.23. The van der Waals surface area contributed by atoms with Crippen LogP contribution in [0.3, 0.4) is 0 Å². The molecule has 0 unspecified atom stereocenters. The van der Waals surface area contributed by atoms with Gasteiger partial charge in [0.15, 0.2) is 0 Å². The van der Waals surface area contributed by atoms with Gasteiger partial charge in [-0.2, -0.15) is 5.10 Å². The van der Waals surface area contributed by atoms with Crippen LogP contribution < -0.4 is 10.1 Å². The van der Waals surface area contributed by atoms with Crippen LogP contribution in [0.4, 0.5) is 10.5 Å². The Hall–Kier alpha value is -4.07. The van der Waals surface area contributed by atoms with Crippen molar-refractivity contribution in [3.05, 3.63) is 91.3 Å². The summed E-state index contributed by atoms with van der Waals surface area (Å²) in [7, 11) is 0. The molecular formula is C25H28N6O2. The molecule has 0 aliphatic carbocycles. The molecule has 2 aromatic carbocycles. The number of hydrogen-bond donors (Lipinski definition) is 1. The zero-order valence-corrected chi connectivity index (χ0v) is 18.7. The van der Waals surface area contributed by atoms with Crippen molar-refractivity contribution in [2.75, 3.05) is 18.5 Å². The number of carbonyl (C=O) groups excluding carboxylic acids is 1. The van der Waals surface area contributed by atoms with Gasteiger partial charge in [0.25, 0.3) is 0 Å². The average Bonchev–Trinajstić information content (AvgIpc) is 3.55. The van der Waals surface area contributed by atoms with Crippen LogP contribution in [0, 0.1) is 0 Å². The van der Waals surface area contributed by atoms with Gasteiger partial charge < -0.3 is 19.5 Å². The first-order valence-electron chi connectivity index (χ1n) is 11.1. The minimum Gasteiger partial charge on any atom is -0.494 e. The second-order valence-electron chi connectivity index (χ2n) is 7.51. The summed E-state index contributed by atoms with van der Waals surface area (Å²) in [5.74, 6) is 0.796. The summed E-state index contributed by atoms with van der Waals surface area (Å²) >= 11 is 0. The lowest BCUT2D eigenvalue weighted by molar-refractivity contribution is 0.206. The molecule has 0 fully saturated rings. The van der Waals surface area contributed by atoms with Gasteiger partial charge in [-0.1, -0.05) is 30.3 Å².